The number of aromatic amines is 1. The van der Waals surface area contributed by atoms with E-state index in [1.54, 1.807) is 0 Å². The van der Waals surface area contributed by atoms with Crippen LogP contribution >= 0.6 is 0 Å². The Hall–Kier alpha value is -1.98. The van der Waals surface area contributed by atoms with Gasteiger partial charge in [0.1, 0.15) is 6.17 Å². The highest BCUT2D eigenvalue weighted by Crippen LogP contribution is 2.14. The molecule has 0 aliphatic carbocycles. The Morgan fingerprint density at radius 2 is 2.19 bits per heavy atom. The van der Waals surface area contributed by atoms with Crippen molar-refractivity contribution in [2.75, 3.05) is 11.9 Å². The highest BCUT2D eigenvalue weighted by atomic mass is 15.4. The van der Waals surface area contributed by atoms with Crippen LogP contribution in [-0.2, 0) is 0 Å². The molecule has 4 N–H and O–H groups in total. The van der Waals surface area contributed by atoms with Crippen molar-refractivity contribution in [2.45, 2.75) is 20.0 Å². The van der Waals surface area contributed by atoms with Gasteiger partial charge in [0.15, 0.2) is 5.96 Å². The topological polar surface area (TPSA) is 81.8 Å². The van der Waals surface area contributed by atoms with Gasteiger partial charge in [-0.1, -0.05) is 0 Å². The Morgan fingerprint density at radius 3 is 2.75 bits per heavy atom. The first-order valence-electron chi connectivity index (χ1n) is 5.13. The van der Waals surface area contributed by atoms with Gasteiger partial charge in [-0.05, 0) is 19.9 Å². The Bertz CT molecular complexity index is 444. The average molecular weight is 220 g/mol. The van der Waals surface area contributed by atoms with Gasteiger partial charge in [0.2, 0.25) is 5.96 Å². The maximum atomic E-state index is 5.66. The van der Waals surface area contributed by atoms with Crippen LogP contribution in [-0.4, -0.2) is 30.1 Å². The lowest BCUT2D eigenvalue weighted by Crippen LogP contribution is -2.48. The summed E-state index contributed by atoms with van der Waals surface area (Å²) in [5.41, 5.74) is 7.80. The van der Waals surface area contributed by atoms with Crippen LogP contribution in [0.4, 0.5) is 5.69 Å². The van der Waals surface area contributed by atoms with Crippen LogP contribution in [0.3, 0.4) is 0 Å². The van der Waals surface area contributed by atoms with Crippen molar-refractivity contribution in [3.05, 3.63) is 18.0 Å². The molecule has 0 radical (unpaired) electrons. The van der Waals surface area contributed by atoms with Gasteiger partial charge < -0.3 is 15.6 Å². The van der Waals surface area contributed by atoms with Crippen molar-refractivity contribution >= 4 is 17.6 Å². The van der Waals surface area contributed by atoms with E-state index >= 15 is 0 Å². The smallest absolute Gasteiger partial charge is 0.207 e. The highest BCUT2D eigenvalue weighted by molar-refractivity contribution is 6.06. The normalized spacial score (nSPS) is 19.8. The fourth-order valence-corrected chi connectivity index (χ4v) is 1.57. The molecular formula is C10H16N6. The number of aromatic nitrogens is 1. The Morgan fingerprint density at radius 1 is 1.44 bits per heavy atom. The Balaban J connectivity index is 2.20. The maximum Gasteiger partial charge on any atom is 0.207 e. The van der Waals surface area contributed by atoms with Crippen LogP contribution in [0.25, 0.3) is 0 Å². The number of H-pyrrole nitrogens is 1. The molecule has 6 nitrogen and oxygen atoms in total. The van der Waals surface area contributed by atoms with Gasteiger partial charge in [-0.3, -0.25) is 5.32 Å². The quantitative estimate of drug-likeness (QED) is 0.640. The number of aryl methyl sites for hydroxylation is 1. The monoisotopic (exact) mass is 220 g/mol. The van der Waals surface area contributed by atoms with E-state index in [0.29, 0.717) is 11.9 Å². The van der Waals surface area contributed by atoms with Gasteiger partial charge in [-0.15, -0.1) is 0 Å². The predicted molar refractivity (Wildman–Crippen MR) is 65.6 cm³/mol. The summed E-state index contributed by atoms with van der Waals surface area (Å²) < 4.78 is 0. The molecule has 0 fully saturated rings. The number of anilines is 1. The van der Waals surface area contributed by atoms with Gasteiger partial charge in [0, 0.05) is 18.9 Å². The van der Waals surface area contributed by atoms with E-state index in [4.69, 9.17) is 5.73 Å². The van der Waals surface area contributed by atoms with Crippen molar-refractivity contribution < 1.29 is 0 Å². The molecule has 86 valence electrons. The molecule has 1 aromatic heterocycles. The third kappa shape index (κ3) is 2.00. The van der Waals surface area contributed by atoms with E-state index in [1.807, 2.05) is 38.1 Å². The summed E-state index contributed by atoms with van der Waals surface area (Å²) >= 11 is 0. The van der Waals surface area contributed by atoms with Crippen LogP contribution in [0.15, 0.2) is 22.2 Å². The molecule has 1 aromatic rings. The molecule has 0 amide bonds. The number of nitrogens with zero attached hydrogens (tertiary/aromatic N) is 3. The fourth-order valence-electron chi connectivity index (χ4n) is 1.57. The number of hydrogen-bond acceptors (Lipinski definition) is 5. The molecule has 0 saturated carbocycles. The number of rotatable bonds is 1. The lowest BCUT2D eigenvalue weighted by molar-refractivity contribution is 0.760. The van der Waals surface area contributed by atoms with E-state index in [1.165, 1.54) is 0 Å². The molecule has 0 aromatic carbocycles. The molecular weight excluding hydrogens is 204 g/mol. The van der Waals surface area contributed by atoms with E-state index in [9.17, 15) is 0 Å². The summed E-state index contributed by atoms with van der Waals surface area (Å²) in [5, 5.41) is 2.94. The molecule has 1 unspecified atom stereocenters. The van der Waals surface area contributed by atoms with Gasteiger partial charge in [-0.2, -0.15) is 0 Å². The Kier molecular flexibility index (Phi) is 2.55. The molecule has 1 aliphatic rings. The van der Waals surface area contributed by atoms with Gasteiger partial charge in [0.05, 0.1) is 5.69 Å². The molecule has 1 aliphatic heterocycles. The summed E-state index contributed by atoms with van der Waals surface area (Å²) in [4.78, 5) is 13.5. The zero-order valence-corrected chi connectivity index (χ0v) is 9.65. The number of guanidine groups is 2. The minimum Gasteiger partial charge on any atom is -0.370 e. The van der Waals surface area contributed by atoms with Gasteiger partial charge in [0.25, 0.3) is 0 Å². The fraction of sp³-hybridized carbons (Fsp3) is 0.400. The van der Waals surface area contributed by atoms with E-state index in [0.717, 1.165) is 11.4 Å². The van der Waals surface area contributed by atoms with Crippen LogP contribution in [0.5, 0.6) is 0 Å². The first kappa shape index (κ1) is 10.5. The standard InChI is InChI=1S/C10H16N6/c1-6-4-8(5-12-6)16(3)10-14-7(2)13-9(11)15-10/h4-5,7,12H,1-3H3,(H3,11,13,14,15). The number of hydrogen-bond donors (Lipinski definition) is 3. The second-order valence-corrected chi connectivity index (χ2v) is 3.82. The predicted octanol–water partition coefficient (Wildman–Crippen LogP) is 0.379. The minimum absolute atomic E-state index is 0.140. The van der Waals surface area contributed by atoms with E-state index < -0.39 is 0 Å². The minimum atomic E-state index is -0.140. The second-order valence-electron chi connectivity index (χ2n) is 3.82. The molecule has 0 saturated heterocycles. The zero-order valence-electron chi connectivity index (χ0n) is 9.65. The first-order valence-corrected chi connectivity index (χ1v) is 5.13. The largest absolute Gasteiger partial charge is 0.370 e. The van der Waals surface area contributed by atoms with E-state index in [-0.39, 0.29) is 6.17 Å². The molecule has 1 atom stereocenters. The summed E-state index contributed by atoms with van der Waals surface area (Å²) in [5.74, 6) is 1.11. The second kappa shape index (κ2) is 3.88. The molecule has 0 spiro atoms. The van der Waals surface area contributed by atoms with Crippen LogP contribution in [0, 0.1) is 6.92 Å². The Labute approximate surface area is 94.3 Å². The van der Waals surface area contributed by atoms with Crippen molar-refractivity contribution in [1.29, 1.82) is 0 Å². The van der Waals surface area contributed by atoms with Crippen LogP contribution in [0.1, 0.15) is 12.6 Å². The number of nitrogens with one attached hydrogen (secondary N) is 2. The molecule has 0 bridgehead atoms. The average Bonchev–Trinajstić information content (AvgIpc) is 2.62. The van der Waals surface area contributed by atoms with Gasteiger partial charge in [-0.25, -0.2) is 9.98 Å². The van der Waals surface area contributed by atoms with Crippen molar-refractivity contribution in [3.8, 4) is 0 Å². The molecule has 16 heavy (non-hydrogen) atoms. The number of aliphatic imine (C=N–C) groups is 2. The highest BCUT2D eigenvalue weighted by Gasteiger charge is 2.16. The maximum absolute atomic E-state index is 5.66. The van der Waals surface area contributed by atoms with Crippen LogP contribution in [0.2, 0.25) is 0 Å². The van der Waals surface area contributed by atoms with Crippen molar-refractivity contribution in [2.24, 2.45) is 15.7 Å². The third-order valence-electron chi connectivity index (χ3n) is 2.39. The zero-order chi connectivity index (χ0) is 11.7. The SMILES string of the molecule is Cc1cc(N(C)C2=NC(C)N=C(N)N2)c[nH]1. The van der Waals surface area contributed by atoms with Crippen molar-refractivity contribution in [3.63, 3.8) is 0 Å². The molecule has 2 heterocycles. The van der Waals surface area contributed by atoms with Crippen molar-refractivity contribution in [1.82, 2.24) is 10.3 Å². The summed E-state index contributed by atoms with van der Waals surface area (Å²) in [6, 6.07) is 2.04. The van der Waals surface area contributed by atoms with E-state index in [2.05, 4.69) is 20.3 Å². The summed E-state index contributed by atoms with van der Waals surface area (Å²) in [7, 11) is 1.93. The van der Waals surface area contributed by atoms with Crippen LogP contribution < -0.4 is 16.0 Å². The third-order valence-corrected chi connectivity index (χ3v) is 2.39. The molecule has 2 rings (SSSR count). The summed E-state index contributed by atoms with van der Waals surface area (Å²) in [6.45, 7) is 3.90. The summed E-state index contributed by atoms with van der Waals surface area (Å²) in [6.07, 6.45) is 1.78. The first-order chi connectivity index (χ1) is 7.56. The lowest BCUT2D eigenvalue weighted by Gasteiger charge is -2.24. The van der Waals surface area contributed by atoms with Gasteiger partial charge >= 0.3 is 0 Å². The number of nitrogens with two attached hydrogens (primary N) is 1. The molecule has 6 heteroatoms. The lowest BCUT2D eigenvalue weighted by atomic mass is 10.4.